The van der Waals surface area contributed by atoms with Gasteiger partial charge in [-0.3, -0.25) is 0 Å². The minimum Gasteiger partial charge on any atom is -0.467 e. The molecule has 0 spiro atoms. The molecule has 0 aliphatic heterocycles. The summed E-state index contributed by atoms with van der Waals surface area (Å²) >= 11 is 5.80. The summed E-state index contributed by atoms with van der Waals surface area (Å²) in [7, 11) is 1.45. The zero-order valence-corrected chi connectivity index (χ0v) is 9.20. The second-order valence-corrected chi connectivity index (χ2v) is 3.49. The van der Waals surface area contributed by atoms with Crippen molar-refractivity contribution in [2.75, 3.05) is 7.11 Å². The van der Waals surface area contributed by atoms with E-state index in [1.807, 2.05) is 0 Å². The first-order chi connectivity index (χ1) is 7.70. The molecule has 2 rings (SSSR count). The summed E-state index contributed by atoms with van der Waals surface area (Å²) < 4.78 is 18.4. The normalized spacial score (nSPS) is 10.2. The Morgan fingerprint density at radius 3 is 2.88 bits per heavy atom. The summed E-state index contributed by atoms with van der Waals surface area (Å²) in [5, 5.41) is 0.453. The van der Waals surface area contributed by atoms with Crippen molar-refractivity contribution in [3.05, 3.63) is 41.3 Å². The smallest absolute Gasteiger partial charge is 0.316 e. The van der Waals surface area contributed by atoms with E-state index in [0.717, 1.165) is 0 Å². The molecule has 0 atom stereocenters. The van der Waals surface area contributed by atoms with Crippen LogP contribution in [0, 0.1) is 5.82 Å². The van der Waals surface area contributed by atoms with Crippen molar-refractivity contribution in [2.45, 2.75) is 0 Å². The second kappa shape index (κ2) is 4.45. The Hall–Kier alpha value is -1.68. The highest BCUT2D eigenvalue weighted by atomic mass is 35.5. The van der Waals surface area contributed by atoms with Gasteiger partial charge in [0.1, 0.15) is 5.82 Å². The molecule has 0 aliphatic carbocycles. The standard InChI is InChI=1S/C11H8ClFN2O/c1-16-11-14-5-4-10(15-11)8-6-7(12)2-3-9(8)13/h2-6H,1H3. The molecule has 0 fully saturated rings. The van der Waals surface area contributed by atoms with E-state index < -0.39 is 0 Å². The van der Waals surface area contributed by atoms with Crippen LogP contribution in [-0.2, 0) is 0 Å². The predicted molar refractivity (Wildman–Crippen MR) is 59.0 cm³/mol. The first kappa shape index (κ1) is 10.8. The van der Waals surface area contributed by atoms with Crippen molar-refractivity contribution >= 4 is 11.6 Å². The molecule has 16 heavy (non-hydrogen) atoms. The van der Waals surface area contributed by atoms with Gasteiger partial charge in [0.05, 0.1) is 12.8 Å². The summed E-state index contributed by atoms with van der Waals surface area (Å²) in [4.78, 5) is 7.88. The molecule has 2 aromatic rings. The molecular weight excluding hydrogens is 231 g/mol. The van der Waals surface area contributed by atoms with Gasteiger partial charge in [-0.1, -0.05) is 11.6 Å². The van der Waals surface area contributed by atoms with Crippen molar-refractivity contribution in [1.29, 1.82) is 0 Å². The van der Waals surface area contributed by atoms with Crippen molar-refractivity contribution in [3.63, 3.8) is 0 Å². The zero-order valence-electron chi connectivity index (χ0n) is 8.45. The van der Waals surface area contributed by atoms with E-state index in [-0.39, 0.29) is 11.8 Å². The number of benzene rings is 1. The topological polar surface area (TPSA) is 35.0 Å². The van der Waals surface area contributed by atoms with Crippen LogP contribution in [0.2, 0.25) is 5.02 Å². The van der Waals surface area contributed by atoms with Crippen LogP contribution >= 0.6 is 11.6 Å². The van der Waals surface area contributed by atoms with Gasteiger partial charge < -0.3 is 4.74 Å². The van der Waals surface area contributed by atoms with Crippen LogP contribution in [0.5, 0.6) is 6.01 Å². The summed E-state index contributed by atoms with van der Waals surface area (Å²) in [6, 6.07) is 6.08. The quantitative estimate of drug-likeness (QED) is 0.807. The predicted octanol–water partition coefficient (Wildman–Crippen LogP) is 2.94. The lowest BCUT2D eigenvalue weighted by atomic mass is 10.1. The Morgan fingerprint density at radius 2 is 2.12 bits per heavy atom. The maximum absolute atomic E-state index is 13.5. The lowest BCUT2D eigenvalue weighted by Gasteiger charge is -2.04. The van der Waals surface area contributed by atoms with Gasteiger partial charge in [-0.25, -0.2) is 9.37 Å². The van der Waals surface area contributed by atoms with Crippen LogP contribution in [-0.4, -0.2) is 17.1 Å². The molecule has 82 valence electrons. The fraction of sp³-hybridized carbons (Fsp3) is 0.0909. The van der Waals surface area contributed by atoms with Gasteiger partial charge in [-0.15, -0.1) is 0 Å². The number of nitrogens with zero attached hydrogens (tertiary/aromatic N) is 2. The Morgan fingerprint density at radius 1 is 1.31 bits per heavy atom. The number of aromatic nitrogens is 2. The number of hydrogen-bond acceptors (Lipinski definition) is 3. The monoisotopic (exact) mass is 238 g/mol. The molecule has 0 saturated heterocycles. The van der Waals surface area contributed by atoms with Gasteiger partial charge in [-0.05, 0) is 24.3 Å². The average Bonchev–Trinajstić information content (AvgIpc) is 2.32. The Labute approximate surface area is 96.9 Å². The van der Waals surface area contributed by atoms with E-state index in [0.29, 0.717) is 16.3 Å². The van der Waals surface area contributed by atoms with Crippen LogP contribution in [0.1, 0.15) is 0 Å². The van der Waals surface area contributed by atoms with E-state index in [4.69, 9.17) is 16.3 Å². The van der Waals surface area contributed by atoms with E-state index in [2.05, 4.69) is 9.97 Å². The maximum Gasteiger partial charge on any atom is 0.316 e. The van der Waals surface area contributed by atoms with Crippen molar-refractivity contribution < 1.29 is 9.13 Å². The lowest BCUT2D eigenvalue weighted by Crippen LogP contribution is -1.94. The molecule has 1 aromatic carbocycles. The van der Waals surface area contributed by atoms with E-state index in [1.54, 1.807) is 6.07 Å². The van der Waals surface area contributed by atoms with Gasteiger partial charge in [0, 0.05) is 16.8 Å². The highest BCUT2D eigenvalue weighted by Gasteiger charge is 2.08. The first-order valence-corrected chi connectivity index (χ1v) is 4.91. The third-order valence-electron chi connectivity index (χ3n) is 2.02. The van der Waals surface area contributed by atoms with Gasteiger partial charge in [0.2, 0.25) is 0 Å². The SMILES string of the molecule is COc1nccc(-c2cc(Cl)ccc2F)n1. The summed E-state index contributed by atoms with van der Waals surface area (Å²) in [5.41, 5.74) is 0.764. The number of ether oxygens (including phenoxy) is 1. The largest absolute Gasteiger partial charge is 0.467 e. The Kier molecular flexibility index (Phi) is 3.01. The van der Waals surface area contributed by atoms with Crippen LogP contribution in [0.4, 0.5) is 4.39 Å². The Bertz CT molecular complexity index is 519. The van der Waals surface area contributed by atoms with Crippen LogP contribution in [0.15, 0.2) is 30.5 Å². The molecule has 3 nitrogen and oxygen atoms in total. The average molecular weight is 239 g/mol. The minimum absolute atomic E-state index is 0.192. The van der Waals surface area contributed by atoms with Gasteiger partial charge >= 0.3 is 6.01 Å². The third-order valence-corrected chi connectivity index (χ3v) is 2.26. The number of rotatable bonds is 2. The number of hydrogen-bond donors (Lipinski definition) is 0. The van der Waals surface area contributed by atoms with E-state index in [1.165, 1.54) is 31.5 Å². The van der Waals surface area contributed by atoms with Gasteiger partial charge in [0.15, 0.2) is 0 Å². The maximum atomic E-state index is 13.5. The summed E-state index contributed by atoms with van der Waals surface area (Å²) in [6.45, 7) is 0. The lowest BCUT2D eigenvalue weighted by molar-refractivity contribution is 0.380. The van der Waals surface area contributed by atoms with Crippen LogP contribution in [0.25, 0.3) is 11.3 Å². The third kappa shape index (κ3) is 2.12. The molecule has 0 bridgehead atoms. The Balaban J connectivity index is 2.53. The molecular formula is C11H8ClFN2O. The fourth-order valence-electron chi connectivity index (χ4n) is 1.28. The van der Waals surface area contributed by atoms with Gasteiger partial charge in [0.25, 0.3) is 0 Å². The van der Waals surface area contributed by atoms with Crippen LogP contribution in [0.3, 0.4) is 0 Å². The highest BCUT2D eigenvalue weighted by molar-refractivity contribution is 6.30. The second-order valence-electron chi connectivity index (χ2n) is 3.05. The number of halogens is 2. The van der Waals surface area contributed by atoms with Crippen molar-refractivity contribution in [2.24, 2.45) is 0 Å². The van der Waals surface area contributed by atoms with Crippen molar-refractivity contribution in [3.8, 4) is 17.3 Å². The molecule has 5 heteroatoms. The van der Waals surface area contributed by atoms with E-state index in [9.17, 15) is 4.39 Å². The molecule has 0 N–H and O–H groups in total. The van der Waals surface area contributed by atoms with E-state index >= 15 is 0 Å². The molecule has 0 amide bonds. The molecule has 0 saturated carbocycles. The minimum atomic E-state index is -0.384. The zero-order chi connectivity index (χ0) is 11.5. The molecule has 0 unspecified atom stereocenters. The van der Waals surface area contributed by atoms with Crippen LogP contribution < -0.4 is 4.74 Å². The van der Waals surface area contributed by atoms with Crippen molar-refractivity contribution in [1.82, 2.24) is 9.97 Å². The summed E-state index contributed by atoms with van der Waals surface area (Å²) in [6.07, 6.45) is 1.50. The fourth-order valence-corrected chi connectivity index (χ4v) is 1.46. The highest BCUT2D eigenvalue weighted by Crippen LogP contribution is 2.24. The molecule has 1 aromatic heterocycles. The number of methoxy groups -OCH3 is 1. The van der Waals surface area contributed by atoms with Gasteiger partial charge in [-0.2, -0.15) is 4.98 Å². The molecule has 1 heterocycles. The first-order valence-electron chi connectivity index (χ1n) is 4.53. The molecule has 0 aliphatic rings. The molecule has 0 radical (unpaired) electrons. The summed E-state index contributed by atoms with van der Waals surface area (Å²) in [5.74, 6) is -0.384.